The van der Waals surface area contributed by atoms with E-state index in [1.165, 1.54) is 7.11 Å². The molecule has 19 heavy (non-hydrogen) atoms. The number of nitrogens with zero attached hydrogens (tertiary/aromatic N) is 1. The van der Waals surface area contributed by atoms with Crippen molar-refractivity contribution in [1.82, 2.24) is 5.32 Å². The van der Waals surface area contributed by atoms with E-state index in [0.717, 1.165) is 11.8 Å². The number of amidine groups is 1. The zero-order chi connectivity index (χ0) is 14.0. The van der Waals surface area contributed by atoms with Gasteiger partial charge in [0.25, 0.3) is 0 Å². The first-order chi connectivity index (χ1) is 8.93. The molecule has 1 heterocycles. The third kappa shape index (κ3) is 2.76. The molecule has 0 aromatic heterocycles. The van der Waals surface area contributed by atoms with Crippen LogP contribution in [-0.4, -0.2) is 39.0 Å². The highest BCUT2D eigenvalue weighted by molar-refractivity contribution is 8.05. The maximum atomic E-state index is 11.7. The van der Waals surface area contributed by atoms with E-state index in [4.69, 9.17) is 0 Å². The zero-order valence-corrected chi connectivity index (χ0v) is 11.3. The molecule has 102 valence electrons. The second kappa shape index (κ2) is 5.00. The molecule has 0 aliphatic carbocycles. The van der Waals surface area contributed by atoms with Crippen LogP contribution in [0.2, 0.25) is 0 Å². The molecule has 0 saturated carbocycles. The minimum atomic E-state index is -3.49. The van der Waals surface area contributed by atoms with Gasteiger partial charge in [0.2, 0.25) is 15.0 Å². The maximum Gasteiger partial charge on any atom is 0.330 e. The molecular weight excluding hydrogens is 268 g/mol. The van der Waals surface area contributed by atoms with E-state index < -0.39 is 27.9 Å². The number of hydrogen-bond acceptors (Lipinski definition) is 6. The molecule has 0 saturated heterocycles. The fourth-order valence-corrected chi connectivity index (χ4v) is 2.53. The van der Waals surface area contributed by atoms with Crippen LogP contribution in [-0.2, 0) is 19.4 Å². The molecule has 0 amide bonds. The predicted octanol–water partition coefficient (Wildman–Crippen LogP) is 0.273. The van der Waals surface area contributed by atoms with Gasteiger partial charge in [-0.05, 0) is 5.56 Å². The van der Waals surface area contributed by atoms with Gasteiger partial charge in [-0.2, -0.15) is 0 Å². The number of aliphatic imine (C=N–C) groups is 1. The van der Waals surface area contributed by atoms with Crippen molar-refractivity contribution in [3.63, 3.8) is 0 Å². The van der Waals surface area contributed by atoms with Crippen molar-refractivity contribution >= 4 is 21.0 Å². The van der Waals surface area contributed by atoms with E-state index in [-0.39, 0.29) is 5.17 Å². The number of rotatable bonds is 2. The smallest absolute Gasteiger partial charge is 0.330 e. The van der Waals surface area contributed by atoms with Crippen LogP contribution in [0.15, 0.2) is 35.3 Å². The number of esters is 1. The molecule has 0 spiro atoms. The molecule has 1 aliphatic heterocycles. The predicted molar refractivity (Wildman–Crippen MR) is 70.4 cm³/mol. The quantitative estimate of drug-likeness (QED) is 0.787. The Hall–Kier alpha value is -1.89. The largest absolute Gasteiger partial charge is 0.467 e. The van der Waals surface area contributed by atoms with Gasteiger partial charge in [-0.3, -0.25) is 0 Å². The highest BCUT2D eigenvalue weighted by Gasteiger charge is 2.39. The Kier molecular flexibility index (Phi) is 3.57. The van der Waals surface area contributed by atoms with E-state index in [0.29, 0.717) is 0 Å². The summed E-state index contributed by atoms with van der Waals surface area (Å²) in [7, 11) is -2.23. The molecule has 1 aromatic rings. The average Bonchev–Trinajstić information content (AvgIpc) is 2.83. The monoisotopic (exact) mass is 282 g/mol. The third-order valence-electron chi connectivity index (χ3n) is 2.80. The Balaban J connectivity index is 2.41. The number of benzene rings is 1. The third-order valence-corrected chi connectivity index (χ3v) is 3.72. The molecule has 1 aromatic carbocycles. The number of sulfone groups is 1. The van der Waals surface area contributed by atoms with Crippen molar-refractivity contribution in [2.75, 3.05) is 13.4 Å². The summed E-state index contributed by atoms with van der Waals surface area (Å²) >= 11 is 0. The lowest BCUT2D eigenvalue weighted by Crippen LogP contribution is -2.41. The molecule has 2 rings (SSSR count). The minimum Gasteiger partial charge on any atom is -0.467 e. The van der Waals surface area contributed by atoms with Crippen LogP contribution in [0.1, 0.15) is 11.6 Å². The second-order valence-corrected chi connectivity index (χ2v) is 6.14. The molecule has 1 aliphatic rings. The van der Waals surface area contributed by atoms with Crippen molar-refractivity contribution in [3.05, 3.63) is 35.9 Å². The molecular formula is C12H14N2O4S. The van der Waals surface area contributed by atoms with E-state index in [1.807, 2.05) is 6.07 Å². The number of hydrogen-bond donors (Lipinski definition) is 1. The normalized spacial score (nSPS) is 22.5. The second-order valence-electron chi connectivity index (χ2n) is 4.21. The molecule has 1 N–H and O–H groups in total. The number of carbonyl (C=O) groups is 1. The summed E-state index contributed by atoms with van der Waals surface area (Å²) in [6.45, 7) is 0. The Labute approximate surface area is 111 Å². The highest BCUT2D eigenvalue weighted by Crippen LogP contribution is 2.27. The van der Waals surface area contributed by atoms with Crippen LogP contribution in [0, 0.1) is 0 Å². The maximum absolute atomic E-state index is 11.7. The SMILES string of the molecule is COC(=O)C1NC(S(C)(=O)=O)=NC1c1ccccc1. The lowest BCUT2D eigenvalue weighted by molar-refractivity contribution is -0.143. The summed E-state index contributed by atoms with van der Waals surface area (Å²) in [6.07, 6.45) is 1.04. The summed E-state index contributed by atoms with van der Waals surface area (Å²) in [6, 6.07) is 7.60. The first-order valence-electron chi connectivity index (χ1n) is 5.60. The number of carbonyl (C=O) groups excluding carboxylic acids is 1. The number of methoxy groups -OCH3 is 1. The van der Waals surface area contributed by atoms with Gasteiger partial charge in [0.15, 0.2) is 6.04 Å². The van der Waals surface area contributed by atoms with Gasteiger partial charge in [0.1, 0.15) is 6.04 Å². The van der Waals surface area contributed by atoms with Gasteiger partial charge in [0.05, 0.1) is 7.11 Å². The van der Waals surface area contributed by atoms with Gasteiger partial charge < -0.3 is 10.1 Å². The summed E-state index contributed by atoms with van der Waals surface area (Å²) in [4.78, 5) is 15.8. The van der Waals surface area contributed by atoms with Crippen LogP contribution in [0.25, 0.3) is 0 Å². The van der Waals surface area contributed by atoms with Gasteiger partial charge in [0, 0.05) is 6.26 Å². The number of ether oxygens (including phenoxy) is 1. The van der Waals surface area contributed by atoms with Crippen molar-refractivity contribution in [1.29, 1.82) is 0 Å². The molecule has 2 atom stereocenters. The van der Waals surface area contributed by atoms with Gasteiger partial charge in [-0.15, -0.1) is 0 Å². The van der Waals surface area contributed by atoms with Crippen molar-refractivity contribution in [2.24, 2.45) is 4.99 Å². The average molecular weight is 282 g/mol. The summed E-state index contributed by atoms with van der Waals surface area (Å²) < 4.78 is 27.7. The molecule has 2 unspecified atom stereocenters. The van der Waals surface area contributed by atoms with Crippen LogP contribution < -0.4 is 5.32 Å². The first-order valence-corrected chi connectivity index (χ1v) is 7.50. The Morgan fingerprint density at radius 2 is 1.95 bits per heavy atom. The Morgan fingerprint density at radius 1 is 1.32 bits per heavy atom. The fraction of sp³-hybridized carbons (Fsp3) is 0.333. The van der Waals surface area contributed by atoms with Crippen molar-refractivity contribution in [2.45, 2.75) is 12.1 Å². The van der Waals surface area contributed by atoms with Gasteiger partial charge >= 0.3 is 5.97 Å². The van der Waals surface area contributed by atoms with E-state index >= 15 is 0 Å². The Morgan fingerprint density at radius 3 is 2.47 bits per heavy atom. The fourth-order valence-electron chi connectivity index (χ4n) is 1.88. The standard InChI is InChI=1S/C12H14N2O4S/c1-18-11(15)10-9(8-6-4-3-5-7-8)13-12(14-10)19(2,16)17/h3-7,9-10H,1-2H3,(H,13,14). The molecule has 0 fully saturated rings. The topological polar surface area (TPSA) is 84.8 Å². The van der Waals surface area contributed by atoms with Crippen LogP contribution in [0.4, 0.5) is 0 Å². The molecule has 6 nitrogen and oxygen atoms in total. The minimum absolute atomic E-state index is 0.184. The van der Waals surface area contributed by atoms with E-state index in [2.05, 4.69) is 15.0 Å². The molecule has 7 heteroatoms. The zero-order valence-electron chi connectivity index (χ0n) is 10.5. The Bertz CT molecular complexity index is 610. The van der Waals surface area contributed by atoms with E-state index in [1.54, 1.807) is 24.3 Å². The lowest BCUT2D eigenvalue weighted by Gasteiger charge is -2.16. The van der Waals surface area contributed by atoms with Crippen molar-refractivity contribution in [3.8, 4) is 0 Å². The molecule has 0 bridgehead atoms. The first kappa shape index (κ1) is 13.5. The lowest BCUT2D eigenvalue weighted by atomic mass is 10.0. The van der Waals surface area contributed by atoms with Crippen LogP contribution in [0.5, 0.6) is 0 Å². The van der Waals surface area contributed by atoms with Gasteiger partial charge in [-0.1, -0.05) is 30.3 Å². The van der Waals surface area contributed by atoms with Crippen molar-refractivity contribution < 1.29 is 17.9 Å². The van der Waals surface area contributed by atoms with Crippen LogP contribution >= 0.6 is 0 Å². The van der Waals surface area contributed by atoms with E-state index in [9.17, 15) is 13.2 Å². The highest BCUT2D eigenvalue weighted by atomic mass is 32.2. The molecule has 0 radical (unpaired) electrons. The summed E-state index contributed by atoms with van der Waals surface area (Å²) in [5.74, 6) is -0.545. The number of nitrogens with one attached hydrogen (secondary N) is 1. The summed E-state index contributed by atoms with van der Waals surface area (Å²) in [5, 5.41) is 2.43. The van der Waals surface area contributed by atoms with Crippen LogP contribution in [0.3, 0.4) is 0 Å². The van der Waals surface area contributed by atoms with Gasteiger partial charge in [-0.25, -0.2) is 18.2 Å². The summed E-state index contributed by atoms with van der Waals surface area (Å²) in [5.41, 5.74) is 0.754.